The van der Waals surface area contributed by atoms with Gasteiger partial charge in [-0.05, 0) is 13.8 Å². The second kappa shape index (κ2) is 4.53. The number of halogens is 3. The van der Waals surface area contributed by atoms with E-state index in [4.69, 9.17) is 11.0 Å². The highest BCUT2D eigenvalue weighted by Crippen LogP contribution is 2.25. The number of aromatic nitrogens is 2. The maximum atomic E-state index is 12.0. The molecular weight excluding hydrogens is 235 g/mol. The average Bonchev–Trinajstić information content (AvgIpc) is 2.51. The van der Waals surface area contributed by atoms with Gasteiger partial charge in [0, 0.05) is 6.04 Å². The van der Waals surface area contributed by atoms with Gasteiger partial charge in [0.25, 0.3) is 0 Å². The van der Waals surface area contributed by atoms with E-state index in [2.05, 4.69) is 10.4 Å². The molecule has 0 fully saturated rings. The van der Waals surface area contributed by atoms with Gasteiger partial charge in [0.05, 0.1) is 0 Å². The Hall–Kier alpha value is -1.91. The Balaban J connectivity index is 3.01. The normalized spacial score (nSPS) is 11.6. The Morgan fingerprint density at radius 1 is 1.53 bits per heavy atom. The number of anilines is 2. The number of nitrogen functional groups attached to an aromatic ring is 1. The van der Waals surface area contributed by atoms with Gasteiger partial charge in [0.1, 0.15) is 24.0 Å². The standard InChI is InChI=1S/C9H12F3N5/c1-5(2)17-7(14)6(3-13)8(16-17)15-4-9(10,11)12/h5H,4,14H2,1-2H3,(H,15,16). The lowest BCUT2D eigenvalue weighted by atomic mass is 10.3. The molecule has 0 aliphatic heterocycles. The Kier molecular flexibility index (Phi) is 3.50. The zero-order chi connectivity index (χ0) is 13.2. The molecule has 0 radical (unpaired) electrons. The van der Waals surface area contributed by atoms with E-state index in [1.807, 2.05) is 0 Å². The van der Waals surface area contributed by atoms with E-state index in [9.17, 15) is 13.2 Å². The first kappa shape index (κ1) is 13.2. The Morgan fingerprint density at radius 3 is 2.53 bits per heavy atom. The summed E-state index contributed by atoms with van der Waals surface area (Å²) in [5.41, 5.74) is 5.54. The van der Waals surface area contributed by atoms with Crippen molar-refractivity contribution in [3.63, 3.8) is 0 Å². The largest absolute Gasteiger partial charge is 0.405 e. The maximum absolute atomic E-state index is 12.0. The average molecular weight is 247 g/mol. The van der Waals surface area contributed by atoms with E-state index >= 15 is 0 Å². The minimum Gasteiger partial charge on any atom is -0.383 e. The van der Waals surface area contributed by atoms with Crippen molar-refractivity contribution in [3.8, 4) is 6.07 Å². The van der Waals surface area contributed by atoms with Crippen molar-refractivity contribution in [1.29, 1.82) is 5.26 Å². The summed E-state index contributed by atoms with van der Waals surface area (Å²) in [5, 5.41) is 14.7. The number of rotatable bonds is 3. The smallest absolute Gasteiger partial charge is 0.383 e. The first-order valence-electron chi connectivity index (χ1n) is 4.85. The summed E-state index contributed by atoms with van der Waals surface area (Å²) in [6.45, 7) is 2.27. The molecule has 0 spiro atoms. The lowest BCUT2D eigenvalue weighted by Gasteiger charge is -2.07. The molecule has 0 saturated heterocycles. The van der Waals surface area contributed by atoms with E-state index in [1.54, 1.807) is 19.9 Å². The van der Waals surface area contributed by atoms with Crippen LogP contribution >= 0.6 is 0 Å². The maximum Gasteiger partial charge on any atom is 0.405 e. The molecule has 0 unspecified atom stereocenters. The van der Waals surface area contributed by atoms with Crippen LogP contribution in [0.5, 0.6) is 0 Å². The van der Waals surface area contributed by atoms with Gasteiger partial charge < -0.3 is 11.1 Å². The van der Waals surface area contributed by atoms with Gasteiger partial charge in [-0.3, -0.25) is 0 Å². The van der Waals surface area contributed by atoms with Crippen LogP contribution in [0.1, 0.15) is 25.5 Å². The molecule has 1 aromatic rings. The van der Waals surface area contributed by atoms with Gasteiger partial charge in [-0.15, -0.1) is 0 Å². The molecule has 17 heavy (non-hydrogen) atoms. The molecule has 0 saturated carbocycles. The fourth-order valence-corrected chi connectivity index (χ4v) is 1.26. The molecule has 0 atom stereocenters. The van der Waals surface area contributed by atoms with Crippen LogP contribution in [-0.4, -0.2) is 22.5 Å². The number of nitriles is 1. The molecule has 0 amide bonds. The quantitative estimate of drug-likeness (QED) is 0.854. The Labute approximate surface area is 96.0 Å². The molecule has 1 heterocycles. The SMILES string of the molecule is CC(C)n1nc(NCC(F)(F)F)c(C#N)c1N. The Morgan fingerprint density at radius 2 is 2.12 bits per heavy atom. The molecule has 0 bridgehead atoms. The molecule has 94 valence electrons. The van der Waals surface area contributed by atoms with Crippen molar-refractivity contribution in [3.05, 3.63) is 5.56 Å². The van der Waals surface area contributed by atoms with Crippen LogP contribution in [0.4, 0.5) is 24.8 Å². The van der Waals surface area contributed by atoms with Crippen LogP contribution in [0.3, 0.4) is 0 Å². The predicted octanol–water partition coefficient (Wildman–Crippen LogP) is 1.89. The van der Waals surface area contributed by atoms with Crippen molar-refractivity contribution < 1.29 is 13.2 Å². The third kappa shape index (κ3) is 3.03. The minimum absolute atomic E-state index is 0.0622. The predicted molar refractivity (Wildman–Crippen MR) is 56.3 cm³/mol. The molecule has 0 aliphatic rings. The van der Waals surface area contributed by atoms with Gasteiger partial charge in [0.15, 0.2) is 5.82 Å². The van der Waals surface area contributed by atoms with Crippen molar-refractivity contribution in [2.45, 2.75) is 26.1 Å². The molecule has 0 aromatic carbocycles. The van der Waals surface area contributed by atoms with Gasteiger partial charge in [0.2, 0.25) is 0 Å². The highest BCUT2D eigenvalue weighted by molar-refractivity contribution is 5.63. The van der Waals surface area contributed by atoms with Crippen LogP contribution in [0, 0.1) is 11.3 Å². The fourth-order valence-electron chi connectivity index (χ4n) is 1.26. The van der Waals surface area contributed by atoms with Crippen molar-refractivity contribution in [1.82, 2.24) is 9.78 Å². The monoisotopic (exact) mass is 247 g/mol. The molecule has 5 nitrogen and oxygen atoms in total. The molecule has 8 heteroatoms. The van der Waals surface area contributed by atoms with Crippen LogP contribution < -0.4 is 11.1 Å². The van der Waals surface area contributed by atoms with Gasteiger partial charge in [-0.1, -0.05) is 0 Å². The number of hydrogen-bond donors (Lipinski definition) is 2. The summed E-state index contributed by atoms with van der Waals surface area (Å²) >= 11 is 0. The summed E-state index contributed by atoms with van der Waals surface area (Å²) in [4.78, 5) is 0. The van der Waals surface area contributed by atoms with Crippen LogP contribution in [0.25, 0.3) is 0 Å². The fraction of sp³-hybridized carbons (Fsp3) is 0.556. The third-order valence-electron chi connectivity index (χ3n) is 2.00. The summed E-state index contributed by atoms with van der Waals surface area (Å²) in [6, 6.07) is 1.60. The summed E-state index contributed by atoms with van der Waals surface area (Å²) in [6.07, 6.45) is -4.37. The number of alkyl halides is 3. The van der Waals surface area contributed by atoms with E-state index < -0.39 is 12.7 Å². The van der Waals surface area contributed by atoms with E-state index in [0.717, 1.165) is 0 Å². The van der Waals surface area contributed by atoms with Crippen molar-refractivity contribution in [2.75, 3.05) is 17.6 Å². The number of nitrogens with two attached hydrogens (primary N) is 1. The van der Waals surface area contributed by atoms with Gasteiger partial charge >= 0.3 is 6.18 Å². The van der Waals surface area contributed by atoms with Crippen molar-refractivity contribution in [2.24, 2.45) is 0 Å². The number of nitrogens with zero attached hydrogens (tertiary/aromatic N) is 3. The zero-order valence-corrected chi connectivity index (χ0v) is 9.34. The van der Waals surface area contributed by atoms with E-state index in [-0.39, 0.29) is 23.2 Å². The van der Waals surface area contributed by atoms with E-state index in [0.29, 0.717) is 0 Å². The molecule has 3 N–H and O–H groups in total. The summed E-state index contributed by atoms with van der Waals surface area (Å²) in [7, 11) is 0. The van der Waals surface area contributed by atoms with Crippen molar-refractivity contribution >= 4 is 11.6 Å². The second-order valence-electron chi connectivity index (χ2n) is 3.73. The second-order valence-corrected chi connectivity index (χ2v) is 3.73. The van der Waals surface area contributed by atoms with E-state index in [1.165, 1.54) is 4.68 Å². The highest BCUT2D eigenvalue weighted by Gasteiger charge is 2.28. The molecular formula is C9H12F3N5. The van der Waals surface area contributed by atoms with Crippen LogP contribution in [-0.2, 0) is 0 Å². The minimum atomic E-state index is -4.37. The first-order chi connectivity index (χ1) is 7.76. The topological polar surface area (TPSA) is 79.7 Å². The third-order valence-corrected chi connectivity index (χ3v) is 2.00. The highest BCUT2D eigenvalue weighted by atomic mass is 19.4. The van der Waals surface area contributed by atoms with Gasteiger partial charge in [-0.2, -0.15) is 23.5 Å². The Bertz CT molecular complexity index is 441. The lowest BCUT2D eigenvalue weighted by Crippen LogP contribution is -2.22. The lowest BCUT2D eigenvalue weighted by molar-refractivity contribution is -0.115. The zero-order valence-electron chi connectivity index (χ0n) is 9.34. The van der Waals surface area contributed by atoms with Crippen LogP contribution in [0.15, 0.2) is 0 Å². The number of nitrogens with one attached hydrogen (secondary N) is 1. The first-order valence-corrected chi connectivity index (χ1v) is 4.85. The van der Waals surface area contributed by atoms with Gasteiger partial charge in [-0.25, -0.2) is 4.68 Å². The molecule has 1 rings (SSSR count). The summed E-state index contributed by atoms with van der Waals surface area (Å²) < 4.78 is 37.4. The van der Waals surface area contributed by atoms with Crippen LogP contribution in [0.2, 0.25) is 0 Å². The summed E-state index contributed by atoms with van der Waals surface area (Å²) in [5.74, 6) is -0.0804. The molecule has 1 aromatic heterocycles. The number of hydrogen-bond acceptors (Lipinski definition) is 4. The molecule has 0 aliphatic carbocycles.